The lowest BCUT2D eigenvalue weighted by atomic mass is 11.9. The molecule has 1 aliphatic heterocycles. The van der Waals surface area contributed by atoms with Gasteiger partial charge in [0.2, 0.25) is 0 Å². The molecular formula is C6H20O4Si4. The summed E-state index contributed by atoms with van der Waals surface area (Å²) in [5.74, 6) is 0. The quantitative estimate of drug-likeness (QED) is 0.618. The highest BCUT2D eigenvalue weighted by Gasteiger charge is 2.43. The van der Waals surface area contributed by atoms with Gasteiger partial charge in [0, 0.05) is 0 Å². The summed E-state index contributed by atoms with van der Waals surface area (Å²) in [7, 11) is -6.91. The second-order valence-electron chi connectivity index (χ2n) is 4.81. The molecule has 0 radical (unpaired) electrons. The second kappa shape index (κ2) is 3.94. The molecule has 0 N–H and O–H groups in total. The summed E-state index contributed by atoms with van der Waals surface area (Å²) in [4.78, 5) is 0. The Morgan fingerprint density at radius 1 is 0.643 bits per heavy atom. The van der Waals surface area contributed by atoms with Gasteiger partial charge in [0.15, 0.2) is 0 Å². The van der Waals surface area contributed by atoms with E-state index in [1.165, 1.54) is 0 Å². The largest absolute Gasteiger partial charge is 0.420 e. The van der Waals surface area contributed by atoms with Crippen LogP contribution in [-0.4, -0.2) is 35.7 Å². The number of rotatable bonds is 0. The van der Waals surface area contributed by atoms with Crippen molar-refractivity contribution < 1.29 is 16.5 Å². The minimum Gasteiger partial charge on any atom is -0.420 e. The first-order valence-corrected chi connectivity index (χ1v) is 14.4. The third-order valence-corrected chi connectivity index (χ3v) is 16.2. The third-order valence-electron chi connectivity index (χ3n) is 1.80. The minimum absolute atomic E-state index is 0.910. The lowest BCUT2D eigenvalue weighted by Gasteiger charge is -2.40. The second-order valence-corrected chi connectivity index (χ2v) is 17.4. The van der Waals surface area contributed by atoms with Crippen LogP contribution in [-0.2, 0) is 16.5 Å². The lowest BCUT2D eigenvalue weighted by Crippen LogP contribution is -2.58. The first-order chi connectivity index (χ1) is 6.12. The molecule has 0 amide bonds. The van der Waals surface area contributed by atoms with Crippen LogP contribution in [0.4, 0.5) is 0 Å². The number of hydrogen-bond donors (Lipinski definition) is 0. The van der Waals surface area contributed by atoms with E-state index in [-0.39, 0.29) is 0 Å². The van der Waals surface area contributed by atoms with Gasteiger partial charge in [0.05, 0.1) is 0 Å². The van der Waals surface area contributed by atoms with E-state index < -0.39 is 35.7 Å². The molecule has 0 aromatic rings. The lowest BCUT2D eigenvalue weighted by molar-refractivity contribution is 0.262. The van der Waals surface area contributed by atoms with E-state index >= 15 is 0 Å². The molecule has 0 aromatic heterocycles. The Morgan fingerprint density at radius 3 is 1.36 bits per heavy atom. The van der Waals surface area contributed by atoms with Crippen LogP contribution < -0.4 is 0 Å². The van der Waals surface area contributed by atoms with Crippen molar-refractivity contribution in [1.29, 1.82) is 0 Å². The van der Waals surface area contributed by atoms with Crippen LogP contribution in [0.15, 0.2) is 0 Å². The summed E-state index contributed by atoms with van der Waals surface area (Å²) >= 11 is 0. The van der Waals surface area contributed by atoms with Crippen LogP contribution in [0, 0.1) is 0 Å². The molecule has 0 spiro atoms. The molecule has 0 bridgehead atoms. The van der Waals surface area contributed by atoms with Gasteiger partial charge < -0.3 is 16.5 Å². The molecule has 1 aliphatic rings. The van der Waals surface area contributed by atoms with E-state index in [9.17, 15) is 0 Å². The molecule has 0 saturated carbocycles. The van der Waals surface area contributed by atoms with Gasteiger partial charge in [-0.25, -0.2) is 0 Å². The Bertz CT molecular complexity index is 198. The molecule has 1 heterocycles. The maximum Gasteiger partial charge on any atom is 0.314 e. The third kappa shape index (κ3) is 4.06. The fraction of sp³-hybridized carbons (Fsp3) is 1.00. The average molecular weight is 269 g/mol. The fourth-order valence-electron chi connectivity index (χ4n) is 1.58. The highest BCUT2D eigenvalue weighted by atomic mass is 28.5. The van der Waals surface area contributed by atoms with E-state index in [0.29, 0.717) is 0 Å². The molecule has 4 nitrogen and oxygen atoms in total. The van der Waals surface area contributed by atoms with E-state index in [1.807, 2.05) is 0 Å². The van der Waals surface area contributed by atoms with Gasteiger partial charge >= 0.3 is 25.7 Å². The van der Waals surface area contributed by atoms with Crippen LogP contribution in [0.3, 0.4) is 0 Å². The number of hydrogen-bond acceptors (Lipinski definition) is 4. The SMILES string of the molecule is C[Si]1(C)O[SiH2]O[Si](C)(C)O[Si](C)(C)O1. The molecule has 8 heteroatoms. The van der Waals surface area contributed by atoms with Crippen molar-refractivity contribution in [3.05, 3.63) is 0 Å². The van der Waals surface area contributed by atoms with Crippen LogP contribution in [0.2, 0.25) is 39.3 Å². The van der Waals surface area contributed by atoms with Crippen molar-refractivity contribution in [1.82, 2.24) is 0 Å². The van der Waals surface area contributed by atoms with Gasteiger partial charge in [-0.1, -0.05) is 0 Å². The van der Waals surface area contributed by atoms with Gasteiger partial charge in [-0.3, -0.25) is 0 Å². The van der Waals surface area contributed by atoms with Crippen molar-refractivity contribution in [3.63, 3.8) is 0 Å². The van der Waals surface area contributed by atoms with Crippen LogP contribution >= 0.6 is 0 Å². The highest BCUT2D eigenvalue weighted by molar-refractivity contribution is 6.87. The molecule has 0 aromatic carbocycles. The van der Waals surface area contributed by atoms with E-state index in [0.717, 1.165) is 0 Å². The smallest absolute Gasteiger partial charge is 0.314 e. The Morgan fingerprint density at radius 2 is 1.00 bits per heavy atom. The fourth-order valence-corrected chi connectivity index (χ4v) is 16.2. The zero-order valence-corrected chi connectivity index (χ0v) is 14.3. The molecule has 0 atom stereocenters. The summed E-state index contributed by atoms with van der Waals surface area (Å²) in [5, 5.41) is 0. The van der Waals surface area contributed by atoms with E-state index in [4.69, 9.17) is 16.5 Å². The summed E-state index contributed by atoms with van der Waals surface area (Å²) < 4.78 is 23.6. The molecule has 0 aliphatic carbocycles. The van der Waals surface area contributed by atoms with Crippen LogP contribution in [0.1, 0.15) is 0 Å². The molecule has 14 heavy (non-hydrogen) atoms. The van der Waals surface area contributed by atoms with Crippen LogP contribution in [0.5, 0.6) is 0 Å². The van der Waals surface area contributed by atoms with Crippen molar-refractivity contribution in [2.24, 2.45) is 0 Å². The maximum absolute atomic E-state index is 6.02. The Labute approximate surface area is 91.7 Å². The predicted molar refractivity (Wildman–Crippen MR) is 65.3 cm³/mol. The molecule has 1 rings (SSSR count). The van der Waals surface area contributed by atoms with E-state index in [1.54, 1.807) is 0 Å². The molecular weight excluding hydrogens is 248 g/mol. The van der Waals surface area contributed by atoms with Crippen molar-refractivity contribution in [2.45, 2.75) is 39.3 Å². The van der Waals surface area contributed by atoms with E-state index in [2.05, 4.69) is 39.3 Å². The Balaban J connectivity index is 2.76. The zero-order chi connectivity index (χ0) is 11.0. The summed E-state index contributed by atoms with van der Waals surface area (Å²) in [6.07, 6.45) is 0. The van der Waals surface area contributed by atoms with Crippen molar-refractivity contribution in [2.75, 3.05) is 0 Å². The van der Waals surface area contributed by atoms with Crippen LogP contribution in [0.25, 0.3) is 0 Å². The average Bonchev–Trinajstić information content (AvgIpc) is 1.75. The molecule has 1 fully saturated rings. The highest BCUT2D eigenvalue weighted by Crippen LogP contribution is 2.23. The maximum atomic E-state index is 6.02. The Hall–Kier alpha value is 0.708. The van der Waals surface area contributed by atoms with Gasteiger partial charge in [-0.15, -0.1) is 0 Å². The normalized spacial score (nSPS) is 30.4. The topological polar surface area (TPSA) is 36.9 Å². The monoisotopic (exact) mass is 268 g/mol. The molecule has 84 valence electrons. The van der Waals surface area contributed by atoms with Crippen molar-refractivity contribution >= 4 is 35.7 Å². The molecule has 0 unspecified atom stereocenters. The minimum atomic E-state index is -2.05. The predicted octanol–water partition coefficient (Wildman–Crippen LogP) is 1.17. The van der Waals surface area contributed by atoms with Gasteiger partial charge in [-0.05, 0) is 39.3 Å². The standard InChI is InChI=1S/C6H20O4Si4/c1-12(2)7-11-8-13(3,4)10-14(5,6)9-12/h11H2,1-6H3. The van der Waals surface area contributed by atoms with Gasteiger partial charge in [-0.2, -0.15) is 0 Å². The summed E-state index contributed by atoms with van der Waals surface area (Å²) in [5.41, 5.74) is 0. The Kier molecular flexibility index (Phi) is 3.59. The first-order valence-electron chi connectivity index (χ1n) is 4.80. The summed E-state index contributed by atoms with van der Waals surface area (Å²) in [6.45, 7) is 12.4. The van der Waals surface area contributed by atoms with Crippen molar-refractivity contribution in [3.8, 4) is 0 Å². The zero-order valence-electron chi connectivity index (χ0n) is 9.84. The first kappa shape index (κ1) is 12.8. The van der Waals surface area contributed by atoms with Gasteiger partial charge in [0.25, 0.3) is 10.0 Å². The van der Waals surface area contributed by atoms with Gasteiger partial charge in [0.1, 0.15) is 0 Å². The molecule has 1 saturated heterocycles. The summed E-state index contributed by atoms with van der Waals surface area (Å²) in [6, 6.07) is 0.